The first-order chi connectivity index (χ1) is 4.87. The van der Waals surface area contributed by atoms with Crippen molar-refractivity contribution in [2.75, 3.05) is 6.16 Å². The summed E-state index contributed by atoms with van der Waals surface area (Å²) in [6.45, 7) is 4.67. The van der Waals surface area contributed by atoms with E-state index in [4.69, 9.17) is 9.79 Å². The van der Waals surface area contributed by atoms with Crippen molar-refractivity contribution >= 4 is 13.4 Å². The summed E-state index contributed by atoms with van der Waals surface area (Å²) >= 11 is 0. The van der Waals surface area contributed by atoms with Crippen molar-refractivity contribution in [1.82, 2.24) is 0 Å². The lowest BCUT2D eigenvalue weighted by molar-refractivity contribution is -0.117. The van der Waals surface area contributed by atoms with Crippen LogP contribution >= 0.6 is 7.60 Å². The number of rotatable bonds is 4. The molecule has 0 aliphatic heterocycles. The third-order valence-electron chi connectivity index (χ3n) is 1.20. The van der Waals surface area contributed by atoms with Gasteiger partial charge in [-0.3, -0.25) is 9.36 Å². The molecule has 0 saturated heterocycles. The average Bonchev–Trinajstić information content (AvgIpc) is 1.82. The molecule has 0 bridgehead atoms. The van der Waals surface area contributed by atoms with Crippen molar-refractivity contribution in [1.29, 1.82) is 0 Å². The molecule has 11 heavy (non-hydrogen) atoms. The van der Waals surface area contributed by atoms with Crippen molar-refractivity contribution in [2.45, 2.75) is 6.92 Å². The quantitative estimate of drug-likeness (QED) is 0.487. The molecule has 64 valence electrons. The second-order valence-electron chi connectivity index (χ2n) is 2.35. The summed E-state index contributed by atoms with van der Waals surface area (Å²) in [4.78, 5) is 27.6. The SMILES string of the molecule is C=CC(=O)C(C)CP(=O)(O)O. The fourth-order valence-electron chi connectivity index (χ4n) is 0.648. The predicted octanol–water partition coefficient (Wildman–Crippen LogP) is 0.555. The molecule has 1 atom stereocenters. The van der Waals surface area contributed by atoms with E-state index in [1.807, 2.05) is 0 Å². The molecule has 5 heteroatoms. The van der Waals surface area contributed by atoms with Crippen LogP contribution in [0.1, 0.15) is 6.92 Å². The molecule has 0 heterocycles. The lowest BCUT2D eigenvalue weighted by Gasteiger charge is -2.07. The van der Waals surface area contributed by atoms with E-state index < -0.39 is 19.7 Å². The minimum Gasteiger partial charge on any atom is -0.324 e. The summed E-state index contributed by atoms with van der Waals surface area (Å²) in [7, 11) is -4.06. The van der Waals surface area contributed by atoms with Crippen LogP contribution in [-0.2, 0) is 9.36 Å². The molecule has 1 unspecified atom stereocenters. The Hall–Kier alpha value is -0.440. The number of ketones is 1. The molecule has 0 spiro atoms. The Kier molecular flexibility index (Phi) is 3.66. The monoisotopic (exact) mass is 178 g/mol. The van der Waals surface area contributed by atoms with Gasteiger partial charge in [0, 0.05) is 5.92 Å². The van der Waals surface area contributed by atoms with E-state index >= 15 is 0 Å². The van der Waals surface area contributed by atoms with Gasteiger partial charge in [-0.1, -0.05) is 13.5 Å². The van der Waals surface area contributed by atoms with Gasteiger partial charge in [-0.2, -0.15) is 0 Å². The van der Waals surface area contributed by atoms with Crippen molar-refractivity contribution in [2.24, 2.45) is 5.92 Å². The van der Waals surface area contributed by atoms with Crippen LogP contribution in [0.5, 0.6) is 0 Å². The van der Waals surface area contributed by atoms with Gasteiger partial charge in [0.1, 0.15) is 0 Å². The molecular formula is C6H11O4P. The Morgan fingerprint density at radius 3 is 2.45 bits per heavy atom. The van der Waals surface area contributed by atoms with Gasteiger partial charge < -0.3 is 9.79 Å². The minimum absolute atomic E-state index is 0.340. The van der Waals surface area contributed by atoms with E-state index in [0.717, 1.165) is 6.08 Å². The second kappa shape index (κ2) is 3.81. The van der Waals surface area contributed by atoms with Crippen molar-refractivity contribution < 1.29 is 19.1 Å². The first kappa shape index (κ1) is 10.6. The van der Waals surface area contributed by atoms with Gasteiger partial charge >= 0.3 is 7.60 Å². The molecule has 2 N–H and O–H groups in total. The highest BCUT2D eigenvalue weighted by Gasteiger charge is 2.21. The van der Waals surface area contributed by atoms with Gasteiger partial charge in [-0.25, -0.2) is 0 Å². The Morgan fingerprint density at radius 1 is 1.73 bits per heavy atom. The number of hydrogen-bond donors (Lipinski definition) is 2. The van der Waals surface area contributed by atoms with Crippen LogP contribution in [0.3, 0.4) is 0 Å². The zero-order valence-electron chi connectivity index (χ0n) is 6.23. The Bertz CT molecular complexity index is 205. The molecule has 4 nitrogen and oxygen atoms in total. The third-order valence-corrected chi connectivity index (χ3v) is 2.22. The summed E-state index contributed by atoms with van der Waals surface area (Å²) in [5.74, 6) is -0.985. The topological polar surface area (TPSA) is 74.6 Å². The van der Waals surface area contributed by atoms with E-state index in [-0.39, 0.29) is 5.78 Å². The van der Waals surface area contributed by atoms with Gasteiger partial charge in [0.2, 0.25) is 0 Å². The third kappa shape index (κ3) is 4.90. The van der Waals surface area contributed by atoms with E-state index in [1.165, 1.54) is 6.92 Å². The molecular weight excluding hydrogens is 167 g/mol. The molecule has 0 rings (SSSR count). The van der Waals surface area contributed by atoms with Gasteiger partial charge in [0.05, 0.1) is 6.16 Å². The number of carbonyl (C=O) groups excluding carboxylic acids is 1. The lowest BCUT2D eigenvalue weighted by Crippen LogP contribution is -2.12. The van der Waals surface area contributed by atoms with Crippen LogP contribution < -0.4 is 0 Å². The van der Waals surface area contributed by atoms with Gasteiger partial charge in [-0.15, -0.1) is 0 Å². The number of carbonyl (C=O) groups is 1. The van der Waals surface area contributed by atoms with Crippen molar-refractivity contribution in [3.8, 4) is 0 Å². The normalized spacial score (nSPS) is 14.1. The summed E-state index contributed by atoms with van der Waals surface area (Å²) in [6.07, 6.45) is 0.665. The molecule has 0 fully saturated rings. The molecule has 0 aromatic heterocycles. The largest absolute Gasteiger partial charge is 0.326 e. The van der Waals surface area contributed by atoms with Gasteiger partial charge in [0.15, 0.2) is 5.78 Å². The summed E-state index contributed by atoms with van der Waals surface area (Å²) < 4.78 is 10.4. The average molecular weight is 178 g/mol. The van der Waals surface area contributed by atoms with Crippen LogP contribution in [0.4, 0.5) is 0 Å². The zero-order valence-corrected chi connectivity index (χ0v) is 7.12. The lowest BCUT2D eigenvalue weighted by atomic mass is 10.1. The smallest absolute Gasteiger partial charge is 0.324 e. The van der Waals surface area contributed by atoms with Gasteiger partial charge in [0.25, 0.3) is 0 Å². The van der Waals surface area contributed by atoms with E-state index in [9.17, 15) is 9.36 Å². The predicted molar refractivity (Wildman–Crippen MR) is 41.3 cm³/mol. The standard InChI is InChI=1S/C6H11O4P/c1-3-6(7)5(2)4-11(8,9)10/h3,5H,1,4H2,2H3,(H2,8,9,10). The Balaban J connectivity index is 4.08. The molecule has 0 saturated carbocycles. The summed E-state index contributed by atoms with van der Waals surface area (Å²) in [6, 6.07) is 0. The number of hydrogen-bond acceptors (Lipinski definition) is 2. The van der Waals surface area contributed by atoms with Crippen molar-refractivity contribution in [3.63, 3.8) is 0 Å². The molecule has 0 aromatic rings. The molecule has 0 aliphatic rings. The number of allylic oxidation sites excluding steroid dienone is 1. The fraction of sp³-hybridized carbons (Fsp3) is 0.500. The fourth-order valence-corrected chi connectivity index (χ4v) is 1.54. The van der Waals surface area contributed by atoms with Crippen LogP contribution in [0.2, 0.25) is 0 Å². The van der Waals surface area contributed by atoms with Crippen molar-refractivity contribution in [3.05, 3.63) is 12.7 Å². The summed E-state index contributed by atoms with van der Waals surface area (Å²) in [5.41, 5.74) is 0. The molecule has 0 radical (unpaired) electrons. The van der Waals surface area contributed by atoms with Crippen LogP contribution in [-0.4, -0.2) is 21.7 Å². The molecule has 0 amide bonds. The highest BCUT2D eigenvalue weighted by atomic mass is 31.2. The molecule has 0 aliphatic carbocycles. The van der Waals surface area contributed by atoms with E-state index in [2.05, 4.69) is 6.58 Å². The van der Waals surface area contributed by atoms with Crippen LogP contribution in [0.15, 0.2) is 12.7 Å². The second-order valence-corrected chi connectivity index (χ2v) is 4.05. The van der Waals surface area contributed by atoms with Crippen LogP contribution in [0, 0.1) is 5.92 Å². The Labute approximate surface area is 65.1 Å². The van der Waals surface area contributed by atoms with Gasteiger partial charge in [-0.05, 0) is 6.08 Å². The van der Waals surface area contributed by atoms with Crippen LogP contribution in [0.25, 0.3) is 0 Å². The zero-order chi connectivity index (χ0) is 9.07. The van der Waals surface area contributed by atoms with E-state index in [1.54, 1.807) is 0 Å². The Morgan fingerprint density at radius 2 is 2.18 bits per heavy atom. The minimum atomic E-state index is -4.06. The first-order valence-corrected chi connectivity index (χ1v) is 4.87. The highest BCUT2D eigenvalue weighted by Crippen LogP contribution is 2.36. The molecule has 0 aromatic carbocycles. The highest BCUT2D eigenvalue weighted by molar-refractivity contribution is 7.51. The maximum atomic E-state index is 10.7. The maximum absolute atomic E-state index is 10.7. The van der Waals surface area contributed by atoms with E-state index in [0.29, 0.717) is 0 Å². The maximum Gasteiger partial charge on any atom is 0.326 e. The first-order valence-electron chi connectivity index (χ1n) is 3.07. The summed E-state index contributed by atoms with van der Waals surface area (Å²) in [5, 5.41) is 0.